The largest absolute Gasteiger partial charge is 0.338 e. The van der Waals surface area contributed by atoms with E-state index in [1.54, 1.807) is 0 Å². The topological polar surface area (TPSA) is 3.24 Å². The van der Waals surface area contributed by atoms with E-state index in [-0.39, 0.29) is 0 Å². The van der Waals surface area contributed by atoms with Crippen molar-refractivity contribution in [2.75, 3.05) is 11.9 Å². The number of benzene rings is 1. The van der Waals surface area contributed by atoms with Gasteiger partial charge in [-0.3, -0.25) is 0 Å². The fraction of sp³-hybridized carbons (Fsp3) is 0.273. The maximum atomic E-state index is 5.96. The van der Waals surface area contributed by atoms with Crippen molar-refractivity contribution in [3.05, 3.63) is 33.8 Å². The fourth-order valence-corrected chi connectivity index (χ4v) is 2.81. The van der Waals surface area contributed by atoms with Gasteiger partial charge >= 0.3 is 0 Å². The molecule has 74 valence electrons. The maximum Gasteiger partial charge on any atom is 0.0785 e. The fourth-order valence-electron chi connectivity index (χ4n) is 1.56. The van der Waals surface area contributed by atoms with E-state index in [9.17, 15) is 0 Å². The van der Waals surface area contributed by atoms with Crippen LogP contribution in [0.25, 0.3) is 0 Å². The number of halogens is 1. The van der Waals surface area contributed by atoms with Gasteiger partial charge in [-0.1, -0.05) is 23.4 Å². The maximum absolute atomic E-state index is 5.96. The quantitative estimate of drug-likeness (QED) is 0.653. The highest BCUT2D eigenvalue weighted by atomic mass is 35.5. The van der Waals surface area contributed by atoms with Crippen molar-refractivity contribution in [3.8, 4) is 0 Å². The predicted molar refractivity (Wildman–Crippen MR) is 64.1 cm³/mol. The van der Waals surface area contributed by atoms with Gasteiger partial charge in [0.15, 0.2) is 0 Å². The Hall–Kier alpha value is -0.600. The molecule has 0 aromatic heterocycles. The summed E-state index contributed by atoms with van der Waals surface area (Å²) in [6.45, 7) is 4.26. The molecule has 14 heavy (non-hydrogen) atoms. The van der Waals surface area contributed by atoms with E-state index in [0.29, 0.717) is 0 Å². The molecule has 2 rings (SSSR count). The van der Waals surface area contributed by atoms with Gasteiger partial charge in [0.05, 0.1) is 10.7 Å². The summed E-state index contributed by atoms with van der Waals surface area (Å²) in [5.74, 6) is 0. The van der Waals surface area contributed by atoms with E-state index in [2.05, 4.69) is 31.9 Å². The van der Waals surface area contributed by atoms with E-state index >= 15 is 0 Å². The molecular formula is C11H12ClNS. The standard InChI is InChI=1S/C11H12ClNS/c1-7(2)11-13(3)9-6-8(12)4-5-10(9)14-11/h4-6H,1-3H3. The molecule has 0 bridgehead atoms. The Morgan fingerprint density at radius 1 is 1.36 bits per heavy atom. The molecule has 0 aliphatic carbocycles. The zero-order valence-electron chi connectivity index (χ0n) is 8.47. The minimum Gasteiger partial charge on any atom is -0.338 e. The number of fused-ring (bicyclic) bond motifs is 1. The lowest BCUT2D eigenvalue weighted by atomic mass is 10.3. The zero-order valence-corrected chi connectivity index (χ0v) is 10.0. The summed E-state index contributed by atoms with van der Waals surface area (Å²) >= 11 is 7.77. The Morgan fingerprint density at radius 3 is 2.71 bits per heavy atom. The normalized spacial score (nSPS) is 14.6. The Bertz CT molecular complexity index is 408. The molecule has 0 spiro atoms. The third-order valence-corrected chi connectivity index (χ3v) is 3.90. The Balaban J connectivity index is 2.51. The molecule has 0 radical (unpaired) electrons. The van der Waals surface area contributed by atoms with E-state index in [1.807, 2.05) is 23.9 Å². The highest BCUT2D eigenvalue weighted by Gasteiger charge is 2.22. The molecule has 0 unspecified atom stereocenters. The number of anilines is 1. The van der Waals surface area contributed by atoms with Gasteiger partial charge in [0.25, 0.3) is 0 Å². The first-order valence-electron chi connectivity index (χ1n) is 4.48. The Kier molecular flexibility index (Phi) is 2.50. The van der Waals surface area contributed by atoms with Crippen LogP contribution in [0.2, 0.25) is 5.02 Å². The monoisotopic (exact) mass is 225 g/mol. The number of thioether (sulfide) groups is 1. The van der Waals surface area contributed by atoms with Gasteiger partial charge in [-0.05, 0) is 37.6 Å². The van der Waals surface area contributed by atoms with Crippen molar-refractivity contribution in [3.63, 3.8) is 0 Å². The van der Waals surface area contributed by atoms with Crippen molar-refractivity contribution in [2.45, 2.75) is 18.7 Å². The van der Waals surface area contributed by atoms with Crippen LogP contribution in [-0.2, 0) is 0 Å². The number of hydrogen-bond donors (Lipinski definition) is 0. The average molecular weight is 226 g/mol. The van der Waals surface area contributed by atoms with Crippen LogP contribution in [0.1, 0.15) is 13.8 Å². The van der Waals surface area contributed by atoms with Crippen LogP contribution in [0.5, 0.6) is 0 Å². The summed E-state index contributed by atoms with van der Waals surface area (Å²) < 4.78 is 0. The first-order valence-corrected chi connectivity index (χ1v) is 5.67. The molecule has 0 atom stereocenters. The van der Waals surface area contributed by atoms with Gasteiger partial charge < -0.3 is 4.90 Å². The SMILES string of the molecule is CC(C)=C1Sc2ccc(Cl)cc2N1C. The molecule has 1 aromatic rings. The van der Waals surface area contributed by atoms with Crippen molar-refractivity contribution in [1.29, 1.82) is 0 Å². The molecule has 3 heteroatoms. The van der Waals surface area contributed by atoms with Gasteiger partial charge in [-0.2, -0.15) is 0 Å². The summed E-state index contributed by atoms with van der Waals surface area (Å²) in [5, 5.41) is 2.11. The summed E-state index contributed by atoms with van der Waals surface area (Å²) in [6.07, 6.45) is 0. The molecule has 0 N–H and O–H groups in total. The van der Waals surface area contributed by atoms with Crippen LogP contribution in [-0.4, -0.2) is 7.05 Å². The molecule has 0 amide bonds. The minimum absolute atomic E-state index is 0.797. The van der Waals surface area contributed by atoms with Crippen LogP contribution >= 0.6 is 23.4 Å². The number of allylic oxidation sites excluding steroid dienone is 1. The van der Waals surface area contributed by atoms with Gasteiger partial charge in [-0.15, -0.1) is 0 Å². The second-order valence-electron chi connectivity index (χ2n) is 3.58. The van der Waals surface area contributed by atoms with E-state index in [0.717, 1.165) is 5.02 Å². The van der Waals surface area contributed by atoms with Crippen LogP contribution < -0.4 is 4.90 Å². The van der Waals surface area contributed by atoms with Crippen LogP contribution in [0.3, 0.4) is 0 Å². The predicted octanol–water partition coefficient (Wildman–Crippen LogP) is 4.13. The highest BCUT2D eigenvalue weighted by molar-refractivity contribution is 8.03. The second-order valence-corrected chi connectivity index (χ2v) is 5.05. The lowest BCUT2D eigenvalue weighted by molar-refractivity contribution is 1.14. The molecule has 1 aliphatic rings. The van der Waals surface area contributed by atoms with Crippen LogP contribution in [0, 0.1) is 0 Å². The average Bonchev–Trinajstić information content (AvgIpc) is 2.44. The van der Waals surface area contributed by atoms with E-state index in [4.69, 9.17) is 11.6 Å². The number of nitrogens with zero attached hydrogens (tertiary/aromatic N) is 1. The highest BCUT2D eigenvalue weighted by Crippen LogP contribution is 2.46. The van der Waals surface area contributed by atoms with Gasteiger partial charge in [0.2, 0.25) is 0 Å². The van der Waals surface area contributed by atoms with E-state index in [1.165, 1.54) is 21.2 Å². The number of rotatable bonds is 0. The van der Waals surface area contributed by atoms with Crippen LogP contribution in [0.15, 0.2) is 33.7 Å². The summed E-state index contributed by atoms with van der Waals surface area (Å²) in [6, 6.07) is 6.03. The first-order chi connectivity index (χ1) is 6.59. The van der Waals surface area contributed by atoms with Gasteiger partial charge in [0, 0.05) is 17.0 Å². The van der Waals surface area contributed by atoms with Gasteiger partial charge in [0.1, 0.15) is 0 Å². The molecule has 0 saturated carbocycles. The molecule has 1 heterocycles. The smallest absolute Gasteiger partial charge is 0.0785 e. The summed E-state index contributed by atoms with van der Waals surface area (Å²) in [4.78, 5) is 3.48. The van der Waals surface area contributed by atoms with Crippen molar-refractivity contribution < 1.29 is 0 Å². The molecule has 1 aliphatic heterocycles. The Morgan fingerprint density at radius 2 is 2.07 bits per heavy atom. The third-order valence-electron chi connectivity index (χ3n) is 2.22. The zero-order chi connectivity index (χ0) is 10.3. The summed E-state index contributed by atoms with van der Waals surface area (Å²) in [7, 11) is 2.08. The molecule has 1 nitrogen and oxygen atoms in total. The minimum atomic E-state index is 0.797. The van der Waals surface area contributed by atoms with E-state index < -0.39 is 0 Å². The lowest BCUT2D eigenvalue weighted by Crippen LogP contribution is -2.10. The molecule has 0 fully saturated rings. The third kappa shape index (κ3) is 1.53. The first kappa shape index (κ1) is 9.94. The van der Waals surface area contributed by atoms with Crippen LogP contribution in [0.4, 0.5) is 5.69 Å². The molecule has 0 saturated heterocycles. The van der Waals surface area contributed by atoms with Gasteiger partial charge in [-0.25, -0.2) is 0 Å². The molecular weight excluding hydrogens is 214 g/mol. The lowest BCUT2D eigenvalue weighted by Gasteiger charge is -2.14. The second kappa shape index (κ2) is 3.52. The van der Waals surface area contributed by atoms with Crippen molar-refractivity contribution in [2.24, 2.45) is 0 Å². The number of hydrogen-bond acceptors (Lipinski definition) is 2. The Labute approximate surface area is 93.7 Å². The van der Waals surface area contributed by atoms with Crippen molar-refractivity contribution in [1.82, 2.24) is 0 Å². The summed E-state index contributed by atoms with van der Waals surface area (Å²) in [5.41, 5.74) is 2.54. The molecule has 1 aromatic carbocycles. The van der Waals surface area contributed by atoms with Crippen molar-refractivity contribution >= 4 is 29.1 Å².